The molecule has 4 rings (SSSR count). The Hall–Kier alpha value is -2.90. The van der Waals surface area contributed by atoms with E-state index in [1.165, 1.54) is 16.8 Å². The molecule has 4 aromatic rings. The summed E-state index contributed by atoms with van der Waals surface area (Å²) >= 11 is 12.7. The van der Waals surface area contributed by atoms with Crippen molar-refractivity contribution in [2.24, 2.45) is 0 Å². The van der Waals surface area contributed by atoms with Gasteiger partial charge in [-0.15, -0.1) is 5.10 Å². The van der Waals surface area contributed by atoms with E-state index in [-0.39, 0.29) is 17.8 Å². The Kier molecular flexibility index (Phi) is 5.02. The molecular formula is C20H16Cl2FN5O. The molecule has 0 radical (unpaired) electrons. The van der Waals surface area contributed by atoms with Gasteiger partial charge in [0.1, 0.15) is 22.7 Å². The molecule has 0 saturated carbocycles. The standard InChI is InChI=1S/C20H16Cl2FN5O/c1-27(2)19-16-18(28(26-19)17-13(21)7-4-8-14(17)22)24-15(25-20(16)29)10-11-5-3-6-12(23)9-11/h3-9H,10H2,1-2H3,(H,24,25,29). The Bertz CT molecular complexity index is 1260. The molecule has 0 amide bonds. The normalized spacial score (nSPS) is 11.2. The Morgan fingerprint density at radius 2 is 1.83 bits per heavy atom. The lowest BCUT2D eigenvalue weighted by molar-refractivity contribution is 0.626. The van der Waals surface area contributed by atoms with Crippen molar-refractivity contribution in [1.82, 2.24) is 19.7 Å². The Morgan fingerprint density at radius 3 is 2.48 bits per heavy atom. The average molecular weight is 432 g/mol. The number of aromatic amines is 1. The Balaban J connectivity index is 1.97. The molecule has 0 bridgehead atoms. The first kappa shape index (κ1) is 19.4. The fraction of sp³-hybridized carbons (Fsp3) is 0.150. The number of hydrogen-bond acceptors (Lipinski definition) is 4. The second kappa shape index (κ2) is 7.50. The van der Waals surface area contributed by atoms with Gasteiger partial charge >= 0.3 is 0 Å². The van der Waals surface area contributed by atoms with Crippen LogP contribution in [0.2, 0.25) is 10.0 Å². The number of anilines is 1. The zero-order valence-corrected chi connectivity index (χ0v) is 17.1. The van der Waals surface area contributed by atoms with Crippen LogP contribution < -0.4 is 10.5 Å². The van der Waals surface area contributed by atoms with Gasteiger partial charge in [-0.25, -0.2) is 14.1 Å². The van der Waals surface area contributed by atoms with Gasteiger partial charge in [-0.3, -0.25) is 4.79 Å². The van der Waals surface area contributed by atoms with Crippen LogP contribution in [0.4, 0.5) is 10.2 Å². The number of para-hydroxylation sites is 1. The van der Waals surface area contributed by atoms with Crippen LogP contribution >= 0.6 is 23.2 Å². The molecule has 6 nitrogen and oxygen atoms in total. The van der Waals surface area contributed by atoms with Crippen LogP contribution in [-0.2, 0) is 6.42 Å². The van der Waals surface area contributed by atoms with Crippen LogP contribution in [-0.4, -0.2) is 33.8 Å². The van der Waals surface area contributed by atoms with Gasteiger partial charge in [-0.1, -0.05) is 41.4 Å². The zero-order valence-electron chi connectivity index (χ0n) is 15.6. The predicted octanol–water partition coefficient (Wildman–Crippen LogP) is 4.21. The van der Waals surface area contributed by atoms with E-state index in [1.807, 2.05) is 0 Å². The molecule has 0 aliphatic heterocycles. The first-order valence-corrected chi connectivity index (χ1v) is 9.49. The molecule has 0 unspecified atom stereocenters. The summed E-state index contributed by atoms with van der Waals surface area (Å²) in [5.41, 5.74) is 1.09. The van der Waals surface area contributed by atoms with Gasteiger partial charge in [-0.2, -0.15) is 0 Å². The molecule has 0 atom stereocenters. The number of H-pyrrole nitrogens is 1. The lowest BCUT2D eigenvalue weighted by Gasteiger charge is -2.09. The van der Waals surface area contributed by atoms with E-state index in [2.05, 4.69) is 15.1 Å². The third kappa shape index (κ3) is 3.59. The van der Waals surface area contributed by atoms with Gasteiger partial charge in [0, 0.05) is 20.5 Å². The predicted molar refractivity (Wildman–Crippen MR) is 113 cm³/mol. The summed E-state index contributed by atoms with van der Waals surface area (Å²) < 4.78 is 15.0. The fourth-order valence-electron chi connectivity index (χ4n) is 3.14. The van der Waals surface area contributed by atoms with Crippen LogP contribution in [0, 0.1) is 5.82 Å². The molecule has 0 saturated heterocycles. The molecular weight excluding hydrogens is 416 g/mol. The summed E-state index contributed by atoms with van der Waals surface area (Å²) in [5.74, 6) is 0.457. The minimum atomic E-state index is -0.353. The molecule has 2 aromatic carbocycles. The number of rotatable bonds is 4. The number of nitrogens with zero attached hydrogens (tertiary/aromatic N) is 4. The summed E-state index contributed by atoms with van der Waals surface area (Å²) in [6.45, 7) is 0. The van der Waals surface area contributed by atoms with E-state index in [4.69, 9.17) is 23.2 Å². The van der Waals surface area contributed by atoms with Crippen molar-refractivity contribution >= 4 is 40.1 Å². The van der Waals surface area contributed by atoms with Gasteiger partial charge in [0.05, 0.1) is 10.0 Å². The molecule has 0 aliphatic rings. The highest BCUT2D eigenvalue weighted by Crippen LogP contribution is 2.32. The first-order chi connectivity index (χ1) is 13.8. The van der Waals surface area contributed by atoms with Gasteiger partial charge in [-0.05, 0) is 29.8 Å². The van der Waals surface area contributed by atoms with E-state index in [1.54, 1.807) is 49.3 Å². The topological polar surface area (TPSA) is 66.8 Å². The van der Waals surface area contributed by atoms with Crippen LogP contribution in [0.5, 0.6) is 0 Å². The quantitative estimate of drug-likeness (QED) is 0.525. The monoisotopic (exact) mass is 431 g/mol. The van der Waals surface area contributed by atoms with Crippen molar-refractivity contribution < 1.29 is 4.39 Å². The van der Waals surface area contributed by atoms with E-state index >= 15 is 0 Å². The van der Waals surface area contributed by atoms with Crippen molar-refractivity contribution in [3.8, 4) is 5.69 Å². The maximum atomic E-state index is 13.5. The van der Waals surface area contributed by atoms with Gasteiger partial charge < -0.3 is 9.88 Å². The van der Waals surface area contributed by atoms with Crippen LogP contribution in [0.3, 0.4) is 0 Å². The van der Waals surface area contributed by atoms with Crippen molar-refractivity contribution in [3.63, 3.8) is 0 Å². The lowest BCUT2D eigenvalue weighted by Crippen LogP contribution is -2.16. The summed E-state index contributed by atoms with van der Waals surface area (Å²) in [7, 11) is 3.56. The molecule has 0 aliphatic carbocycles. The smallest absolute Gasteiger partial charge is 0.264 e. The largest absolute Gasteiger partial charge is 0.361 e. The third-order valence-corrected chi connectivity index (χ3v) is 5.01. The molecule has 2 aromatic heterocycles. The number of hydrogen-bond donors (Lipinski definition) is 1. The number of nitrogens with one attached hydrogen (secondary N) is 1. The summed E-state index contributed by atoms with van der Waals surface area (Å²) in [5, 5.41) is 5.60. The lowest BCUT2D eigenvalue weighted by atomic mass is 10.1. The highest BCUT2D eigenvalue weighted by atomic mass is 35.5. The highest BCUT2D eigenvalue weighted by molar-refractivity contribution is 6.37. The highest BCUT2D eigenvalue weighted by Gasteiger charge is 2.22. The number of benzene rings is 2. The summed E-state index contributed by atoms with van der Waals surface area (Å²) in [6.07, 6.45) is 0.252. The van der Waals surface area contributed by atoms with E-state index in [9.17, 15) is 9.18 Å². The molecule has 148 valence electrons. The molecule has 0 fully saturated rings. The number of fused-ring (bicyclic) bond motifs is 1. The molecule has 1 N–H and O–H groups in total. The van der Waals surface area contributed by atoms with E-state index in [0.29, 0.717) is 44.0 Å². The van der Waals surface area contributed by atoms with Gasteiger partial charge in [0.15, 0.2) is 11.5 Å². The minimum Gasteiger partial charge on any atom is -0.361 e. The number of halogens is 3. The zero-order chi connectivity index (χ0) is 20.7. The summed E-state index contributed by atoms with van der Waals surface area (Å²) in [4.78, 5) is 22.0. The summed E-state index contributed by atoms with van der Waals surface area (Å²) in [6, 6.07) is 11.2. The van der Waals surface area contributed by atoms with Crippen LogP contribution in [0.1, 0.15) is 11.4 Å². The van der Waals surface area contributed by atoms with Crippen molar-refractivity contribution in [1.29, 1.82) is 0 Å². The second-order valence-electron chi connectivity index (χ2n) is 6.72. The van der Waals surface area contributed by atoms with Crippen molar-refractivity contribution in [3.05, 3.63) is 80.1 Å². The maximum absolute atomic E-state index is 13.5. The van der Waals surface area contributed by atoms with Crippen molar-refractivity contribution in [2.75, 3.05) is 19.0 Å². The first-order valence-electron chi connectivity index (χ1n) is 8.73. The molecule has 29 heavy (non-hydrogen) atoms. The maximum Gasteiger partial charge on any atom is 0.264 e. The Morgan fingerprint density at radius 1 is 1.14 bits per heavy atom. The van der Waals surface area contributed by atoms with Crippen LogP contribution in [0.15, 0.2) is 47.3 Å². The third-order valence-electron chi connectivity index (χ3n) is 4.40. The average Bonchev–Trinajstić information content (AvgIpc) is 3.02. The SMILES string of the molecule is CN(C)c1nn(-c2c(Cl)cccc2Cl)c2nc(Cc3cccc(F)c3)[nH]c(=O)c12. The van der Waals surface area contributed by atoms with E-state index < -0.39 is 0 Å². The molecule has 2 heterocycles. The second-order valence-corrected chi connectivity index (χ2v) is 7.53. The van der Waals surface area contributed by atoms with E-state index in [0.717, 1.165) is 0 Å². The fourth-order valence-corrected chi connectivity index (χ4v) is 3.70. The van der Waals surface area contributed by atoms with Gasteiger partial charge in [0.25, 0.3) is 5.56 Å². The Labute approximate surface area is 175 Å². The minimum absolute atomic E-state index is 0.252. The molecule has 0 spiro atoms. The molecule has 9 heteroatoms. The van der Waals surface area contributed by atoms with Crippen LogP contribution in [0.25, 0.3) is 16.7 Å². The number of aromatic nitrogens is 4. The van der Waals surface area contributed by atoms with Crippen molar-refractivity contribution in [2.45, 2.75) is 6.42 Å². The van der Waals surface area contributed by atoms with Gasteiger partial charge in [0.2, 0.25) is 0 Å².